The number of morpholine rings is 1. The molecule has 2 aromatic rings. The van der Waals surface area contributed by atoms with E-state index in [-0.39, 0.29) is 5.28 Å². The van der Waals surface area contributed by atoms with Crippen LogP contribution in [0.25, 0.3) is 11.1 Å². The van der Waals surface area contributed by atoms with E-state index in [2.05, 4.69) is 14.9 Å². The first-order valence-electron chi connectivity index (χ1n) is 7.50. The third-order valence-electron chi connectivity index (χ3n) is 2.76. The van der Waals surface area contributed by atoms with Gasteiger partial charge in [0.2, 0.25) is 5.28 Å². The quantitative estimate of drug-likeness (QED) is 0.743. The number of halogens is 1. The maximum Gasteiger partial charge on any atom is 0.225 e. The van der Waals surface area contributed by atoms with Crippen LogP contribution < -0.4 is 4.90 Å². The zero-order valence-electron chi connectivity index (χ0n) is 13.4. The molecule has 0 N–H and O–H groups in total. The molecule has 3 rings (SSSR count). The van der Waals surface area contributed by atoms with Crippen molar-refractivity contribution in [2.24, 2.45) is 0 Å². The fourth-order valence-corrected chi connectivity index (χ4v) is 2.17. The van der Waals surface area contributed by atoms with Crippen molar-refractivity contribution < 1.29 is 9.15 Å². The van der Waals surface area contributed by atoms with Crippen LogP contribution in [0.4, 0.5) is 5.82 Å². The number of aromatic nitrogens is 2. The van der Waals surface area contributed by atoms with Gasteiger partial charge in [-0.25, -0.2) is 4.98 Å². The van der Waals surface area contributed by atoms with Crippen LogP contribution in [0.15, 0.2) is 10.5 Å². The molecular weight excluding hydrogens is 290 g/mol. The Morgan fingerprint density at radius 1 is 1.10 bits per heavy atom. The highest BCUT2D eigenvalue weighted by Crippen LogP contribution is 2.28. The van der Waals surface area contributed by atoms with Crippen LogP contribution in [0.2, 0.25) is 5.28 Å². The summed E-state index contributed by atoms with van der Waals surface area (Å²) in [6.45, 7) is 12.9. The zero-order chi connectivity index (χ0) is 15.8. The summed E-state index contributed by atoms with van der Waals surface area (Å²) >= 11 is 5.93. The van der Waals surface area contributed by atoms with Crippen LogP contribution in [-0.4, -0.2) is 36.3 Å². The number of nitrogens with zero attached hydrogens (tertiary/aromatic N) is 3. The number of ether oxygens (including phenoxy) is 1. The van der Waals surface area contributed by atoms with Gasteiger partial charge in [-0.1, -0.05) is 27.7 Å². The van der Waals surface area contributed by atoms with E-state index in [4.69, 9.17) is 20.8 Å². The first kappa shape index (κ1) is 17.7. The molecule has 0 aromatic carbocycles. The molecule has 5 nitrogen and oxygen atoms in total. The minimum Gasteiger partial charge on any atom is -0.456 e. The summed E-state index contributed by atoms with van der Waals surface area (Å²) < 4.78 is 11.0. The van der Waals surface area contributed by atoms with Crippen molar-refractivity contribution in [1.82, 2.24) is 9.97 Å². The summed E-state index contributed by atoms with van der Waals surface area (Å²) in [4.78, 5) is 10.5. The normalized spacial score (nSPS) is 14.1. The minimum absolute atomic E-state index is 0.250. The molecule has 3 heterocycles. The predicted octanol–water partition coefficient (Wildman–Crippen LogP) is 4.07. The van der Waals surface area contributed by atoms with Crippen molar-refractivity contribution in [3.05, 3.63) is 17.1 Å². The zero-order valence-corrected chi connectivity index (χ0v) is 14.2. The van der Waals surface area contributed by atoms with E-state index >= 15 is 0 Å². The Kier molecular flexibility index (Phi) is 7.47. The summed E-state index contributed by atoms with van der Waals surface area (Å²) in [6, 6.07) is 1.87. The van der Waals surface area contributed by atoms with E-state index in [1.807, 2.05) is 40.7 Å². The Balaban J connectivity index is 0.000000510. The highest BCUT2D eigenvalue weighted by Gasteiger charge is 2.19. The van der Waals surface area contributed by atoms with Crippen molar-refractivity contribution in [3.8, 4) is 0 Å². The number of hydrogen-bond acceptors (Lipinski definition) is 5. The van der Waals surface area contributed by atoms with Gasteiger partial charge in [-0.05, 0) is 18.5 Å². The van der Waals surface area contributed by atoms with Crippen molar-refractivity contribution in [2.75, 3.05) is 31.2 Å². The molecule has 1 aliphatic heterocycles. The lowest BCUT2D eigenvalue weighted by molar-refractivity contribution is 0.122. The smallest absolute Gasteiger partial charge is 0.225 e. The first-order valence-corrected chi connectivity index (χ1v) is 7.88. The summed E-state index contributed by atoms with van der Waals surface area (Å²) in [5, 5.41) is 0.250. The Bertz CT molecular complexity index is 551. The largest absolute Gasteiger partial charge is 0.456 e. The van der Waals surface area contributed by atoms with Crippen LogP contribution in [0.1, 0.15) is 33.5 Å². The van der Waals surface area contributed by atoms with E-state index < -0.39 is 0 Å². The molecule has 0 saturated carbocycles. The van der Waals surface area contributed by atoms with Crippen molar-refractivity contribution in [3.63, 3.8) is 0 Å². The van der Waals surface area contributed by atoms with Crippen LogP contribution in [0, 0.1) is 6.92 Å². The maximum absolute atomic E-state index is 5.93. The lowest BCUT2D eigenvalue weighted by Gasteiger charge is -2.27. The number of furan rings is 1. The first-order chi connectivity index (χ1) is 10.2. The number of rotatable bonds is 1. The van der Waals surface area contributed by atoms with Gasteiger partial charge in [0, 0.05) is 19.2 Å². The molecule has 1 fully saturated rings. The van der Waals surface area contributed by atoms with Crippen molar-refractivity contribution in [1.29, 1.82) is 0 Å². The van der Waals surface area contributed by atoms with Crippen molar-refractivity contribution in [2.45, 2.75) is 34.6 Å². The molecule has 6 heteroatoms. The number of anilines is 1. The molecule has 0 amide bonds. The monoisotopic (exact) mass is 313 g/mol. The van der Waals surface area contributed by atoms with Gasteiger partial charge in [0.05, 0.1) is 13.2 Å². The van der Waals surface area contributed by atoms with Crippen LogP contribution in [-0.2, 0) is 4.74 Å². The number of hydrogen-bond donors (Lipinski definition) is 0. The molecule has 1 aliphatic rings. The Morgan fingerprint density at radius 3 is 2.33 bits per heavy atom. The lowest BCUT2D eigenvalue weighted by Crippen LogP contribution is -2.36. The maximum atomic E-state index is 5.93. The molecule has 0 unspecified atom stereocenters. The summed E-state index contributed by atoms with van der Waals surface area (Å²) in [5.41, 5.74) is 1.46. The van der Waals surface area contributed by atoms with Crippen molar-refractivity contribution >= 4 is 28.5 Å². The average Bonchev–Trinajstić information content (AvgIpc) is 2.91. The topological polar surface area (TPSA) is 51.4 Å². The highest BCUT2D eigenvalue weighted by molar-refractivity contribution is 6.28. The predicted molar refractivity (Wildman–Crippen MR) is 87.3 cm³/mol. The fourth-order valence-electron chi connectivity index (χ4n) is 2.00. The molecule has 0 radical (unpaired) electrons. The molecule has 0 spiro atoms. The second kappa shape index (κ2) is 8.85. The van der Waals surface area contributed by atoms with E-state index in [1.165, 1.54) is 0 Å². The number of fused-ring (bicyclic) bond motifs is 1. The minimum atomic E-state index is 0.250. The van der Waals surface area contributed by atoms with Gasteiger partial charge in [0.15, 0.2) is 11.4 Å². The second-order valence-corrected chi connectivity index (χ2v) is 4.33. The Morgan fingerprint density at radius 2 is 1.71 bits per heavy atom. The molecule has 2 aromatic heterocycles. The SMILES string of the molecule is CC.CC.Cc1cc2nc(Cl)nc(N3CCOCC3)c2o1. The Hall–Kier alpha value is -1.33. The van der Waals surface area contributed by atoms with Gasteiger partial charge in [-0.2, -0.15) is 4.98 Å². The summed E-state index contributed by atoms with van der Waals surface area (Å²) in [7, 11) is 0. The fraction of sp³-hybridized carbons (Fsp3) is 0.600. The molecule has 0 atom stereocenters. The van der Waals surface area contributed by atoms with E-state index in [9.17, 15) is 0 Å². The standard InChI is InChI=1S/C11H12ClN3O2.2C2H6/c1-7-6-8-9(17-7)10(14-11(12)13-8)15-2-4-16-5-3-15;2*1-2/h6H,2-5H2,1H3;2*1-2H3. The van der Waals surface area contributed by atoms with Crippen LogP contribution >= 0.6 is 11.6 Å². The van der Waals surface area contributed by atoms with Gasteiger partial charge in [0.1, 0.15) is 11.3 Å². The Labute approximate surface area is 131 Å². The van der Waals surface area contributed by atoms with E-state index in [1.54, 1.807) is 0 Å². The average molecular weight is 314 g/mol. The third kappa shape index (κ3) is 4.32. The van der Waals surface area contributed by atoms with E-state index in [0.717, 1.165) is 30.2 Å². The van der Waals surface area contributed by atoms with Crippen LogP contribution in [0.3, 0.4) is 0 Å². The van der Waals surface area contributed by atoms with Gasteiger partial charge in [-0.15, -0.1) is 0 Å². The van der Waals surface area contributed by atoms with Gasteiger partial charge >= 0.3 is 0 Å². The number of aryl methyl sites for hydroxylation is 1. The van der Waals surface area contributed by atoms with Gasteiger partial charge in [-0.3, -0.25) is 0 Å². The lowest BCUT2D eigenvalue weighted by atomic mass is 10.3. The molecule has 118 valence electrons. The highest BCUT2D eigenvalue weighted by atomic mass is 35.5. The molecular formula is C15H24ClN3O2. The van der Waals surface area contributed by atoms with E-state index in [0.29, 0.717) is 18.8 Å². The molecule has 21 heavy (non-hydrogen) atoms. The summed E-state index contributed by atoms with van der Waals surface area (Å²) in [6.07, 6.45) is 0. The molecule has 1 saturated heterocycles. The summed E-state index contributed by atoms with van der Waals surface area (Å²) in [5.74, 6) is 1.57. The molecule has 0 aliphatic carbocycles. The van der Waals surface area contributed by atoms with Crippen LogP contribution in [0.5, 0.6) is 0 Å². The second-order valence-electron chi connectivity index (χ2n) is 3.99. The van der Waals surface area contributed by atoms with Gasteiger partial charge < -0.3 is 14.1 Å². The third-order valence-corrected chi connectivity index (χ3v) is 2.93. The van der Waals surface area contributed by atoms with Gasteiger partial charge in [0.25, 0.3) is 0 Å². The molecule has 0 bridgehead atoms.